The Kier molecular flexibility index (Phi) is 4.00. The second kappa shape index (κ2) is 6.09. The number of rotatable bonds is 4. The average Bonchev–Trinajstić information content (AvgIpc) is 2.99. The molecule has 6 nitrogen and oxygen atoms in total. The van der Waals surface area contributed by atoms with Crippen LogP contribution in [0.1, 0.15) is 36.2 Å². The van der Waals surface area contributed by atoms with E-state index in [1.807, 2.05) is 12.1 Å². The maximum Gasteiger partial charge on any atom is 0.267 e. The summed E-state index contributed by atoms with van der Waals surface area (Å²) in [5, 5.41) is 7.19. The van der Waals surface area contributed by atoms with E-state index in [1.54, 1.807) is 25.4 Å². The Labute approximate surface area is 128 Å². The van der Waals surface area contributed by atoms with Crippen LogP contribution in [0.5, 0.6) is 0 Å². The standard InChI is InChI=1S/C16H18N4O2/c1-11(16(22)18-10-12-5-7-17-8-6-12)20-15(21)9-13-3-2-4-14(13)19-20/h5-9,11H,2-4,10H2,1H3,(H,18,22)/t11-/m0/s1. The van der Waals surface area contributed by atoms with Gasteiger partial charge in [0.05, 0.1) is 5.69 Å². The van der Waals surface area contributed by atoms with Crippen LogP contribution >= 0.6 is 0 Å². The SMILES string of the molecule is C[C@@H](C(=O)NCc1ccncc1)n1nc2c(cc1=O)CCC2. The molecule has 2 heterocycles. The van der Waals surface area contributed by atoms with E-state index in [1.165, 1.54) is 4.68 Å². The molecule has 0 fully saturated rings. The molecule has 0 radical (unpaired) electrons. The Morgan fingerprint density at radius 1 is 1.36 bits per heavy atom. The molecule has 0 aromatic carbocycles. The van der Waals surface area contributed by atoms with Gasteiger partial charge in [0.2, 0.25) is 5.91 Å². The minimum Gasteiger partial charge on any atom is -0.350 e. The predicted octanol–water partition coefficient (Wildman–Crippen LogP) is 1.00. The van der Waals surface area contributed by atoms with E-state index in [4.69, 9.17) is 0 Å². The lowest BCUT2D eigenvalue weighted by molar-refractivity contribution is -0.124. The van der Waals surface area contributed by atoms with Gasteiger partial charge in [-0.3, -0.25) is 14.6 Å². The molecule has 1 aliphatic carbocycles. The second-order valence-corrected chi connectivity index (χ2v) is 5.50. The van der Waals surface area contributed by atoms with Crippen molar-refractivity contribution in [2.45, 2.75) is 38.8 Å². The van der Waals surface area contributed by atoms with Gasteiger partial charge in [-0.25, -0.2) is 4.68 Å². The van der Waals surface area contributed by atoms with E-state index >= 15 is 0 Å². The molecule has 114 valence electrons. The first kappa shape index (κ1) is 14.4. The molecule has 22 heavy (non-hydrogen) atoms. The molecule has 0 spiro atoms. The van der Waals surface area contributed by atoms with Gasteiger partial charge in [-0.1, -0.05) is 0 Å². The highest BCUT2D eigenvalue weighted by Gasteiger charge is 2.21. The maximum absolute atomic E-state index is 12.2. The highest BCUT2D eigenvalue weighted by atomic mass is 16.2. The largest absolute Gasteiger partial charge is 0.350 e. The van der Waals surface area contributed by atoms with Crippen LogP contribution in [0.4, 0.5) is 0 Å². The van der Waals surface area contributed by atoms with Crippen molar-refractivity contribution in [1.82, 2.24) is 20.1 Å². The number of carbonyl (C=O) groups is 1. The number of amides is 1. The Balaban J connectivity index is 1.72. The summed E-state index contributed by atoms with van der Waals surface area (Å²) >= 11 is 0. The average molecular weight is 298 g/mol. The molecule has 1 atom stereocenters. The van der Waals surface area contributed by atoms with Crippen LogP contribution < -0.4 is 10.9 Å². The molecule has 1 amide bonds. The number of nitrogens with zero attached hydrogens (tertiary/aromatic N) is 3. The zero-order valence-electron chi connectivity index (χ0n) is 12.5. The van der Waals surface area contributed by atoms with Crippen LogP contribution in [-0.4, -0.2) is 20.7 Å². The first-order valence-electron chi connectivity index (χ1n) is 7.43. The quantitative estimate of drug-likeness (QED) is 0.913. The molecule has 2 aromatic rings. The van der Waals surface area contributed by atoms with Crippen LogP contribution in [0, 0.1) is 0 Å². The number of hydrogen-bond acceptors (Lipinski definition) is 4. The Morgan fingerprint density at radius 2 is 2.14 bits per heavy atom. The molecule has 0 saturated carbocycles. The number of aryl methyl sites for hydroxylation is 2. The molecule has 0 unspecified atom stereocenters. The summed E-state index contributed by atoms with van der Waals surface area (Å²) in [5.41, 5.74) is 2.70. The van der Waals surface area contributed by atoms with E-state index < -0.39 is 6.04 Å². The lowest BCUT2D eigenvalue weighted by Crippen LogP contribution is -2.37. The fraction of sp³-hybridized carbons (Fsp3) is 0.375. The van der Waals surface area contributed by atoms with Gasteiger partial charge in [0.25, 0.3) is 5.56 Å². The lowest BCUT2D eigenvalue weighted by Gasteiger charge is -2.15. The minimum absolute atomic E-state index is 0.216. The van der Waals surface area contributed by atoms with Gasteiger partial charge in [-0.2, -0.15) is 5.10 Å². The summed E-state index contributed by atoms with van der Waals surface area (Å²) in [5.74, 6) is -0.218. The number of aromatic nitrogens is 3. The van der Waals surface area contributed by atoms with Crippen molar-refractivity contribution in [1.29, 1.82) is 0 Å². The smallest absolute Gasteiger partial charge is 0.267 e. The van der Waals surface area contributed by atoms with E-state index in [-0.39, 0.29) is 11.5 Å². The molecule has 0 saturated heterocycles. The van der Waals surface area contributed by atoms with Gasteiger partial charge in [0.1, 0.15) is 6.04 Å². The number of fused-ring (bicyclic) bond motifs is 1. The summed E-state index contributed by atoms with van der Waals surface area (Å²) in [7, 11) is 0. The second-order valence-electron chi connectivity index (χ2n) is 5.50. The van der Waals surface area contributed by atoms with E-state index in [0.717, 1.165) is 36.1 Å². The van der Waals surface area contributed by atoms with Crippen molar-refractivity contribution in [2.75, 3.05) is 0 Å². The monoisotopic (exact) mass is 298 g/mol. The Morgan fingerprint density at radius 3 is 2.91 bits per heavy atom. The third-order valence-electron chi connectivity index (χ3n) is 3.94. The molecule has 6 heteroatoms. The fourth-order valence-electron chi connectivity index (χ4n) is 2.64. The van der Waals surface area contributed by atoms with E-state index in [0.29, 0.717) is 6.54 Å². The summed E-state index contributed by atoms with van der Waals surface area (Å²) in [6, 6.07) is 4.66. The summed E-state index contributed by atoms with van der Waals surface area (Å²) in [4.78, 5) is 28.3. The van der Waals surface area contributed by atoms with Crippen LogP contribution in [-0.2, 0) is 24.2 Å². The molecule has 0 bridgehead atoms. The molecule has 1 N–H and O–H groups in total. The van der Waals surface area contributed by atoms with Crippen LogP contribution in [0.2, 0.25) is 0 Å². The van der Waals surface area contributed by atoms with Gasteiger partial charge in [-0.15, -0.1) is 0 Å². The van der Waals surface area contributed by atoms with Gasteiger partial charge < -0.3 is 5.32 Å². The highest BCUT2D eigenvalue weighted by molar-refractivity contribution is 5.79. The van der Waals surface area contributed by atoms with Gasteiger partial charge in [-0.05, 0) is 49.4 Å². The van der Waals surface area contributed by atoms with Gasteiger partial charge in [0, 0.05) is 25.0 Å². The highest BCUT2D eigenvalue weighted by Crippen LogP contribution is 2.18. The van der Waals surface area contributed by atoms with Crippen LogP contribution in [0.25, 0.3) is 0 Å². The normalized spacial score (nSPS) is 14.4. The Hall–Kier alpha value is -2.50. The molecular weight excluding hydrogens is 280 g/mol. The van der Waals surface area contributed by atoms with Crippen molar-refractivity contribution in [2.24, 2.45) is 0 Å². The first-order valence-corrected chi connectivity index (χ1v) is 7.43. The third kappa shape index (κ3) is 2.90. The zero-order valence-corrected chi connectivity index (χ0v) is 12.5. The topological polar surface area (TPSA) is 76.9 Å². The number of hydrogen-bond donors (Lipinski definition) is 1. The third-order valence-corrected chi connectivity index (χ3v) is 3.94. The number of nitrogens with one attached hydrogen (secondary N) is 1. The van der Waals surface area contributed by atoms with Crippen LogP contribution in [0.3, 0.4) is 0 Å². The fourth-order valence-corrected chi connectivity index (χ4v) is 2.64. The van der Waals surface area contributed by atoms with Crippen molar-refractivity contribution in [3.05, 3.63) is 57.8 Å². The number of pyridine rings is 1. The lowest BCUT2D eigenvalue weighted by atomic mass is 10.2. The van der Waals surface area contributed by atoms with Crippen molar-refractivity contribution < 1.29 is 4.79 Å². The van der Waals surface area contributed by atoms with Crippen molar-refractivity contribution in [3.63, 3.8) is 0 Å². The summed E-state index contributed by atoms with van der Waals surface area (Å²) < 4.78 is 1.28. The molecule has 0 aliphatic heterocycles. The first-order chi connectivity index (χ1) is 10.6. The van der Waals surface area contributed by atoms with E-state index in [2.05, 4.69) is 15.4 Å². The molecular formula is C16H18N4O2. The Bertz CT molecular complexity index is 740. The number of carbonyl (C=O) groups excluding carboxylic acids is 1. The van der Waals surface area contributed by atoms with E-state index in [9.17, 15) is 9.59 Å². The van der Waals surface area contributed by atoms with Crippen molar-refractivity contribution >= 4 is 5.91 Å². The van der Waals surface area contributed by atoms with Crippen LogP contribution in [0.15, 0.2) is 35.4 Å². The minimum atomic E-state index is -0.625. The molecule has 3 rings (SSSR count). The van der Waals surface area contributed by atoms with Crippen molar-refractivity contribution in [3.8, 4) is 0 Å². The summed E-state index contributed by atoms with van der Waals surface area (Å²) in [6.45, 7) is 2.10. The molecule has 2 aromatic heterocycles. The zero-order chi connectivity index (χ0) is 15.5. The van der Waals surface area contributed by atoms with Gasteiger partial charge >= 0.3 is 0 Å². The van der Waals surface area contributed by atoms with Gasteiger partial charge in [0.15, 0.2) is 0 Å². The summed E-state index contributed by atoms with van der Waals surface area (Å²) in [6.07, 6.45) is 6.16. The molecule has 1 aliphatic rings. The maximum atomic E-state index is 12.2. The predicted molar refractivity (Wildman–Crippen MR) is 81.3 cm³/mol.